The maximum Gasteiger partial charge on any atom is 0.407 e. The van der Waals surface area contributed by atoms with Crippen LogP contribution in [-0.4, -0.2) is 44.1 Å². The van der Waals surface area contributed by atoms with Gasteiger partial charge in [0.25, 0.3) is 0 Å². The topological polar surface area (TPSA) is 79.7 Å². The van der Waals surface area contributed by atoms with Crippen molar-refractivity contribution in [2.45, 2.75) is 22.9 Å². The van der Waals surface area contributed by atoms with Crippen LogP contribution in [0.3, 0.4) is 0 Å². The molecule has 1 N–H and O–H groups in total. The van der Waals surface area contributed by atoms with Crippen LogP contribution in [0.1, 0.15) is 28.0 Å². The number of ether oxygens (including phenoxy) is 1. The van der Waals surface area contributed by atoms with Gasteiger partial charge in [-0.1, -0.05) is 22.6 Å². The Bertz CT molecular complexity index is 606. The van der Waals surface area contributed by atoms with E-state index in [0.717, 1.165) is 5.56 Å². The molecule has 1 aromatic heterocycles. The third kappa shape index (κ3) is 1.87. The fourth-order valence-corrected chi connectivity index (χ4v) is 3.99. The molecule has 1 fully saturated rings. The molecule has 3 rings (SSSR count). The Hall–Kier alpha value is -1.38. The lowest BCUT2D eigenvalue weighted by molar-refractivity contribution is -0.0335. The van der Waals surface area contributed by atoms with Crippen molar-refractivity contribution < 1.29 is 19.4 Å². The van der Waals surface area contributed by atoms with Crippen LogP contribution in [0, 0.1) is 6.92 Å². The first kappa shape index (κ1) is 13.6. The Kier molecular flexibility index (Phi) is 3.11. The quantitative estimate of drug-likeness (QED) is 0.418. The SMILES string of the molecule is Cc1cnc2c(c1)C(=O)OC21CCN(C(=O)O)CC1I. The van der Waals surface area contributed by atoms with Crippen LogP contribution in [0.2, 0.25) is 0 Å². The number of carbonyl (C=O) groups is 2. The van der Waals surface area contributed by atoms with Gasteiger partial charge in [0.05, 0.1) is 15.2 Å². The normalized spacial score (nSPS) is 28.4. The maximum absolute atomic E-state index is 12.1. The van der Waals surface area contributed by atoms with Crippen molar-refractivity contribution in [3.05, 3.63) is 29.1 Å². The van der Waals surface area contributed by atoms with E-state index in [9.17, 15) is 9.59 Å². The number of hydrogen-bond acceptors (Lipinski definition) is 4. The van der Waals surface area contributed by atoms with Crippen molar-refractivity contribution in [1.82, 2.24) is 9.88 Å². The van der Waals surface area contributed by atoms with E-state index in [1.165, 1.54) is 4.90 Å². The summed E-state index contributed by atoms with van der Waals surface area (Å²) in [7, 11) is 0. The highest BCUT2D eigenvalue weighted by molar-refractivity contribution is 14.1. The van der Waals surface area contributed by atoms with Gasteiger partial charge in [-0.05, 0) is 18.6 Å². The molecule has 20 heavy (non-hydrogen) atoms. The van der Waals surface area contributed by atoms with Crippen LogP contribution in [0.15, 0.2) is 12.3 Å². The summed E-state index contributed by atoms with van der Waals surface area (Å²) in [5.41, 5.74) is 1.28. The zero-order valence-electron chi connectivity index (χ0n) is 10.8. The zero-order chi connectivity index (χ0) is 14.5. The molecule has 106 valence electrons. The van der Waals surface area contributed by atoms with Crippen molar-refractivity contribution in [2.24, 2.45) is 0 Å². The Morgan fingerprint density at radius 1 is 1.65 bits per heavy atom. The molecule has 0 radical (unpaired) electrons. The van der Waals surface area contributed by atoms with Crippen molar-refractivity contribution >= 4 is 34.7 Å². The van der Waals surface area contributed by atoms with Crippen molar-refractivity contribution in [2.75, 3.05) is 13.1 Å². The van der Waals surface area contributed by atoms with Crippen molar-refractivity contribution in [3.63, 3.8) is 0 Å². The fourth-order valence-electron chi connectivity index (χ4n) is 2.78. The van der Waals surface area contributed by atoms with Crippen LogP contribution in [0.5, 0.6) is 0 Å². The summed E-state index contributed by atoms with van der Waals surface area (Å²) in [6.07, 6.45) is 1.22. The third-order valence-electron chi connectivity index (χ3n) is 3.83. The molecular weight excluding hydrogens is 375 g/mol. The van der Waals surface area contributed by atoms with E-state index < -0.39 is 11.7 Å². The average molecular weight is 388 g/mol. The summed E-state index contributed by atoms with van der Waals surface area (Å²) >= 11 is 2.15. The number of aromatic nitrogens is 1. The third-order valence-corrected chi connectivity index (χ3v) is 5.23. The molecule has 1 aromatic rings. The molecule has 2 aliphatic rings. The number of piperidine rings is 1. The standard InChI is InChI=1S/C13H13IN2O4/c1-7-4-8-10(15-5-7)13(20-11(8)17)2-3-16(12(18)19)6-9(13)14/h4-5,9H,2-3,6H2,1H3,(H,18,19). The van der Waals surface area contributed by atoms with E-state index >= 15 is 0 Å². The number of nitrogens with zero attached hydrogens (tertiary/aromatic N) is 2. The minimum atomic E-state index is -0.942. The van der Waals surface area contributed by atoms with E-state index in [4.69, 9.17) is 9.84 Å². The second-order valence-corrected chi connectivity index (χ2v) is 6.64. The molecular formula is C13H13IN2O4. The fraction of sp³-hybridized carbons (Fsp3) is 0.462. The highest BCUT2D eigenvalue weighted by atomic mass is 127. The lowest BCUT2D eigenvalue weighted by Crippen LogP contribution is -2.52. The van der Waals surface area contributed by atoms with E-state index in [1.807, 2.05) is 6.92 Å². The number of esters is 1. The van der Waals surface area contributed by atoms with Crippen LogP contribution in [-0.2, 0) is 10.3 Å². The number of carboxylic acid groups (broad SMARTS) is 1. The molecule has 6 nitrogen and oxygen atoms in total. The minimum absolute atomic E-state index is 0.148. The zero-order valence-corrected chi connectivity index (χ0v) is 13.0. The van der Waals surface area contributed by atoms with Crippen LogP contribution < -0.4 is 0 Å². The van der Waals surface area contributed by atoms with Gasteiger partial charge in [0.15, 0.2) is 5.60 Å². The van der Waals surface area contributed by atoms with E-state index in [0.29, 0.717) is 30.8 Å². The number of carbonyl (C=O) groups excluding carboxylic acids is 1. The Morgan fingerprint density at radius 2 is 2.40 bits per heavy atom. The van der Waals surface area contributed by atoms with Gasteiger partial charge >= 0.3 is 12.1 Å². The lowest BCUT2D eigenvalue weighted by Gasteiger charge is -2.40. The Morgan fingerprint density at radius 3 is 3.05 bits per heavy atom. The van der Waals surface area contributed by atoms with Gasteiger partial charge in [-0.15, -0.1) is 0 Å². The van der Waals surface area contributed by atoms with Gasteiger partial charge in [0.2, 0.25) is 0 Å². The maximum atomic E-state index is 12.1. The molecule has 0 aliphatic carbocycles. The summed E-state index contributed by atoms with van der Waals surface area (Å²) in [4.78, 5) is 28.9. The number of pyridine rings is 1. The second-order valence-electron chi connectivity index (χ2n) is 5.13. The van der Waals surface area contributed by atoms with E-state index in [1.54, 1.807) is 12.3 Å². The smallest absolute Gasteiger partial charge is 0.407 e. The van der Waals surface area contributed by atoms with Crippen LogP contribution in [0.4, 0.5) is 4.79 Å². The molecule has 2 atom stereocenters. The molecule has 1 spiro atoms. The van der Waals surface area contributed by atoms with Gasteiger partial charge in [-0.25, -0.2) is 9.59 Å². The van der Waals surface area contributed by atoms with Gasteiger partial charge in [0, 0.05) is 25.7 Å². The largest absolute Gasteiger partial charge is 0.465 e. The molecule has 1 amide bonds. The average Bonchev–Trinajstić information content (AvgIpc) is 2.66. The number of alkyl halides is 1. The van der Waals surface area contributed by atoms with E-state index in [-0.39, 0.29) is 9.89 Å². The summed E-state index contributed by atoms with van der Waals surface area (Å²) in [5, 5.41) is 9.07. The van der Waals surface area contributed by atoms with Gasteiger partial charge < -0.3 is 14.7 Å². The monoisotopic (exact) mass is 388 g/mol. The van der Waals surface area contributed by atoms with Crippen LogP contribution >= 0.6 is 22.6 Å². The van der Waals surface area contributed by atoms with Crippen molar-refractivity contribution in [3.8, 4) is 0 Å². The first-order valence-corrected chi connectivity index (χ1v) is 7.51. The van der Waals surface area contributed by atoms with E-state index in [2.05, 4.69) is 27.6 Å². The Balaban J connectivity index is 2.00. The predicted octanol–water partition coefficient (Wildman–Crippen LogP) is 1.94. The highest BCUT2D eigenvalue weighted by Crippen LogP contribution is 2.46. The molecule has 1 saturated heterocycles. The molecule has 0 aromatic carbocycles. The number of amides is 1. The van der Waals surface area contributed by atoms with Gasteiger partial charge in [-0.2, -0.15) is 0 Å². The summed E-state index contributed by atoms with van der Waals surface area (Å²) in [6, 6.07) is 1.78. The molecule has 2 aliphatic heterocycles. The van der Waals surface area contributed by atoms with Gasteiger partial charge in [0.1, 0.15) is 0 Å². The number of likely N-dealkylation sites (tertiary alicyclic amines) is 1. The molecule has 3 heterocycles. The minimum Gasteiger partial charge on any atom is -0.465 e. The Labute approximate surface area is 129 Å². The second kappa shape index (κ2) is 4.57. The first-order valence-electron chi connectivity index (χ1n) is 6.26. The number of hydrogen-bond donors (Lipinski definition) is 1. The molecule has 2 unspecified atom stereocenters. The lowest BCUT2D eigenvalue weighted by atomic mass is 9.87. The molecule has 0 bridgehead atoms. The summed E-state index contributed by atoms with van der Waals surface area (Å²) in [6.45, 7) is 2.55. The van der Waals surface area contributed by atoms with Crippen LogP contribution in [0.25, 0.3) is 0 Å². The summed E-state index contributed by atoms with van der Waals surface area (Å²) < 4.78 is 5.48. The summed E-state index contributed by atoms with van der Waals surface area (Å²) in [5.74, 6) is -0.360. The van der Waals surface area contributed by atoms with Crippen molar-refractivity contribution in [1.29, 1.82) is 0 Å². The highest BCUT2D eigenvalue weighted by Gasteiger charge is 2.54. The number of halogens is 1. The molecule has 0 saturated carbocycles. The van der Waals surface area contributed by atoms with Gasteiger partial charge in [-0.3, -0.25) is 4.98 Å². The number of aryl methyl sites for hydroxylation is 1. The number of fused-ring (bicyclic) bond motifs is 2. The predicted molar refractivity (Wildman–Crippen MR) is 78.1 cm³/mol. The first-order chi connectivity index (χ1) is 9.44. The number of rotatable bonds is 0. The molecule has 7 heteroatoms.